The molecule has 2 aromatic rings. The fourth-order valence-corrected chi connectivity index (χ4v) is 2.74. The van der Waals surface area contributed by atoms with E-state index < -0.39 is 11.7 Å². The van der Waals surface area contributed by atoms with Gasteiger partial charge in [0.2, 0.25) is 0 Å². The lowest BCUT2D eigenvalue weighted by Crippen LogP contribution is -2.40. The highest BCUT2D eigenvalue weighted by molar-refractivity contribution is 5.79. The van der Waals surface area contributed by atoms with Crippen molar-refractivity contribution in [3.63, 3.8) is 0 Å². The zero-order chi connectivity index (χ0) is 21.1. The van der Waals surface area contributed by atoms with E-state index in [1.54, 1.807) is 6.33 Å². The Morgan fingerprint density at radius 2 is 1.83 bits per heavy atom. The summed E-state index contributed by atoms with van der Waals surface area (Å²) in [5.41, 5.74) is 0.216. The molecule has 1 aromatic heterocycles. The summed E-state index contributed by atoms with van der Waals surface area (Å²) in [5.74, 6) is 1.64. The number of unbranched alkanes of at least 4 members (excludes halogenated alkanes) is 1. The Morgan fingerprint density at radius 1 is 1.10 bits per heavy atom. The van der Waals surface area contributed by atoms with Gasteiger partial charge in [0, 0.05) is 32.6 Å². The number of guanidine groups is 1. The predicted molar refractivity (Wildman–Crippen MR) is 108 cm³/mol. The first-order valence-corrected chi connectivity index (χ1v) is 9.99. The Kier molecular flexibility index (Phi) is 8.95. The first-order valence-electron chi connectivity index (χ1n) is 9.99. The number of nitrogens with one attached hydrogen (secondary N) is 2. The van der Waals surface area contributed by atoms with E-state index in [1.807, 2.05) is 11.5 Å². The van der Waals surface area contributed by atoms with E-state index >= 15 is 0 Å². The number of aromatic nitrogens is 3. The molecule has 2 rings (SSSR count). The molecule has 9 heteroatoms. The molecule has 0 bridgehead atoms. The third-order valence-electron chi connectivity index (χ3n) is 4.43. The molecule has 2 N–H and O–H groups in total. The van der Waals surface area contributed by atoms with Crippen molar-refractivity contribution in [1.29, 1.82) is 0 Å². The van der Waals surface area contributed by atoms with E-state index in [-0.39, 0.29) is 0 Å². The standard InChI is InChI=1S/C20H29F3N6/c1-3-5-11-24-19(26-13-14-29-15-27-28-18(29)4-2)25-12-10-16-6-8-17(9-7-16)20(21,22)23/h6-9,15H,3-5,10-14H2,1-2H3,(H2,24,25,26). The van der Waals surface area contributed by atoms with Crippen LogP contribution >= 0.6 is 0 Å². The number of nitrogens with zero attached hydrogens (tertiary/aromatic N) is 4. The lowest BCUT2D eigenvalue weighted by molar-refractivity contribution is -0.137. The fourth-order valence-electron chi connectivity index (χ4n) is 2.74. The van der Waals surface area contributed by atoms with E-state index in [9.17, 15) is 13.2 Å². The minimum Gasteiger partial charge on any atom is -0.356 e. The summed E-state index contributed by atoms with van der Waals surface area (Å²) in [6.07, 6.45) is 0.898. The van der Waals surface area contributed by atoms with Crippen LogP contribution in [-0.4, -0.2) is 40.4 Å². The Balaban J connectivity index is 1.83. The Bertz CT molecular complexity index is 752. The van der Waals surface area contributed by atoms with Gasteiger partial charge in [-0.3, -0.25) is 4.99 Å². The molecule has 0 spiro atoms. The predicted octanol–water partition coefficient (Wildman–Crippen LogP) is 3.44. The molecule has 0 fully saturated rings. The molecule has 0 aliphatic carbocycles. The molecule has 6 nitrogen and oxygen atoms in total. The molecule has 0 atom stereocenters. The monoisotopic (exact) mass is 410 g/mol. The molecule has 0 saturated heterocycles. The van der Waals surface area contributed by atoms with Crippen molar-refractivity contribution in [1.82, 2.24) is 25.4 Å². The first kappa shape index (κ1) is 22.7. The van der Waals surface area contributed by atoms with Gasteiger partial charge in [0.05, 0.1) is 5.56 Å². The maximum absolute atomic E-state index is 12.6. The van der Waals surface area contributed by atoms with Crippen LogP contribution in [0.3, 0.4) is 0 Å². The van der Waals surface area contributed by atoms with Crippen molar-refractivity contribution in [3.8, 4) is 0 Å². The zero-order valence-corrected chi connectivity index (χ0v) is 17.0. The third kappa shape index (κ3) is 7.75. The summed E-state index contributed by atoms with van der Waals surface area (Å²) in [6.45, 7) is 6.84. The molecular formula is C20H29F3N6. The van der Waals surface area contributed by atoms with Crippen molar-refractivity contribution in [2.24, 2.45) is 4.99 Å². The lowest BCUT2D eigenvalue weighted by Gasteiger charge is -2.14. The second-order valence-electron chi connectivity index (χ2n) is 6.68. The van der Waals surface area contributed by atoms with Crippen molar-refractivity contribution in [2.45, 2.75) is 52.3 Å². The van der Waals surface area contributed by atoms with Crippen molar-refractivity contribution in [2.75, 3.05) is 19.6 Å². The summed E-state index contributed by atoms with van der Waals surface area (Å²) in [7, 11) is 0. The molecule has 1 heterocycles. The minimum absolute atomic E-state index is 0.580. The second kappa shape index (κ2) is 11.4. The van der Waals surface area contributed by atoms with Crippen LogP contribution in [0.2, 0.25) is 0 Å². The van der Waals surface area contributed by atoms with Gasteiger partial charge in [0.25, 0.3) is 0 Å². The maximum Gasteiger partial charge on any atom is 0.416 e. The molecule has 0 aliphatic heterocycles. The summed E-state index contributed by atoms with van der Waals surface area (Å²) in [6, 6.07) is 5.27. The molecule has 0 aliphatic rings. The van der Waals surface area contributed by atoms with E-state index in [0.29, 0.717) is 25.5 Å². The van der Waals surface area contributed by atoms with Crippen LogP contribution in [0.15, 0.2) is 35.6 Å². The quantitative estimate of drug-likeness (QED) is 0.358. The fraction of sp³-hybridized carbons (Fsp3) is 0.550. The summed E-state index contributed by atoms with van der Waals surface area (Å²) >= 11 is 0. The van der Waals surface area contributed by atoms with Crippen LogP contribution < -0.4 is 10.6 Å². The molecule has 0 amide bonds. The van der Waals surface area contributed by atoms with Gasteiger partial charge in [0.15, 0.2) is 5.96 Å². The van der Waals surface area contributed by atoms with Gasteiger partial charge in [-0.05, 0) is 30.5 Å². The van der Waals surface area contributed by atoms with Gasteiger partial charge < -0.3 is 15.2 Å². The van der Waals surface area contributed by atoms with E-state index in [0.717, 1.165) is 55.9 Å². The first-order chi connectivity index (χ1) is 13.9. The SMILES string of the molecule is CCCCN=C(NCCc1ccc(C(F)(F)F)cc1)NCCn1cnnc1CC. The number of halogens is 3. The zero-order valence-electron chi connectivity index (χ0n) is 17.0. The molecule has 160 valence electrons. The minimum atomic E-state index is -4.30. The van der Waals surface area contributed by atoms with Crippen LogP contribution in [0.25, 0.3) is 0 Å². The average molecular weight is 410 g/mol. The van der Waals surface area contributed by atoms with Gasteiger partial charge in [-0.15, -0.1) is 10.2 Å². The molecular weight excluding hydrogens is 381 g/mol. The number of aliphatic imine (C=N–C) groups is 1. The van der Waals surface area contributed by atoms with Crippen LogP contribution in [-0.2, 0) is 25.6 Å². The number of hydrogen-bond donors (Lipinski definition) is 2. The van der Waals surface area contributed by atoms with Crippen LogP contribution in [0.1, 0.15) is 43.6 Å². The van der Waals surface area contributed by atoms with Gasteiger partial charge in [-0.2, -0.15) is 13.2 Å². The molecule has 0 unspecified atom stereocenters. The maximum atomic E-state index is 12.6. The van der Waals surface area contributed by atoms with Gasteiger partial charge in [0.1, 0.15) is 12.2 Å². The topological polar surface area (TPSA) is 67.1 Å². The van der Waals surface area contributed by atoms with E-state index in [1.165, 1.54) is 12.1 Å². The van der Waals surface area contributed by atoms with Crippen molar-refractivity contribution >= 4 is 5.96 Å². The Labute approximate surface area is 169 Å². The van der Waals surface area contributed by atoms with Crippen LogP contribution in [0.5, 0.6) is 0 Å². The molecule has 29 heavy (non-hydrogen) atoms. The molecule has 0 saturated carbocycles. The van der Waals surface area contributed by atoms with Crippen molar-refractivity contribution < 1.29 is 13.2 Å². The summed E-state index contributed by atoms with van der Waals surface area (Å²) in [5, 5.41) is 14.5. The number of rotatable bonds is 10. The third-order valence-corrected chi connectivity index (χ3v) is 4.43. The highest BCUT2D eigenvalue weighted by Gasteiger charge is 2.29. The molecule has 1 aromatic carbocycles. The number of alkyl halides is 3. The normalized spacial score (nSPS) is 12.2. The Morgan fingerprint density at radius 3 is 2.48 bits per heavy atom. The van der Waals surface area contributed by atoms with Gasteiger partial charge in [-0.1, -0.05) is 32.4 Å². The highest BCUT2D eigenvalue weighted by Crippen LogP contribution is 2.29. The summed E-state index contributed by atoms with van der Waals surface area (Å²) in [4.78, 5) is 4.56. The van der Waals surface area contributed by atoms with Crippen LogP contribution in [0, 0.1) is 0 Å². The second-order valence-corrected chi connectivity index (χ2v) is 6.68. The number of hydrogen-bond acceptors (Lipinski definition) is 3. The lowest BCUT2D eigenvalue weighted by atomic mass is 10.1. The largest absolute Gasteiger partial charge is 0.416 e. The average Bonchev–Trinajstić information content (AvgIpc) is 3.15. The van der Waals surface area contributed by atoms with Gasteiger partial charge >= 0.3 is 6.18 Å². The van der Waals surface area contributed by atoms with Crippen LogP contribution in [0.4, 0.5) is 13.2 Å². The molecule has 0 radical (unpaired) electrons. The smallest absolute Gasteiger partial charge is 0.356 e. The van der Waals surface area contributed by atoms with E-state index in [2.05, 4.69) is 32.7 Å². The summed E-state index contributed by atoms with van der Waals surface area (Å²) < 4.78 is 39.9. The number of benzene rings is 1. The Hall–Kier alpha value is -2.58. The van der Waals surface area contributed by atoms with Gasteiger partial charge in [-0.25, -0.2) is 0 Å². The van der Waals surface area contributed by atoms with E-state index in [4.69, 9.17) is 0 Å². The number of aryl methyl sites for hydroxylation is 1. The highest BCUT2D eigenvalue weighted by atomic mass is 19.4. The van der Waals surface area contributed by atoms with Crippen molar-refractivity contribution in [3.05, 3.63) is 47.5 Å².